The van der Waals surface area contributed by atoms with Crippen LogP contribution in [0.3, 0.4) is 0 Å². The Morgan fingerprint density at radius 3 is 2.44 bits per heavy atom. The molecule has 0 heterocycles. The van der Waals surface area contributed by atoms with Crippen molar-refractivity contribution in [3.05, 3.63) is 29.8 Å². The van der Waals surface area contributed by atoms with E-state index in [1.54, 1.807) is 12.1 Å². The van der Waals surface area contributed by atoms with Gasteiger partial charge < -0.3 is 10.1 Å². The molecule has 18 heavy (non-hydrogen) atoms. The molecule has 0 radical (unpaired) electrons. The number of sulfonamides is 1. The SMILES string of the molecule is CCOCC(C)Nc1ccc(CS(N)(=O)=O)cc1. The lowest BCUT2D eigenvalue weighted by atomic mass is 10.2. The van der Waals surface area contributed by atoms with E-state index in [0.29, 0.717) is 18.8 Å². The van der Waals surface area contributed by atoms with E-state index in [1.807, 2.05) is 26.0 Å². The third kappa shape index (κ3) is 6.00. The summed E-state index contributed by atoms with van der Waals surface area (Å²) >= 11 is 0. The number of rotatable bonds is 7. The van der Waals surface area contributed by atoms with Crippen molar-refractivity contribution in [2.24, 2.45) is 5.14 Å². The second kappa shape index (κ2) is 6.72. The molecule has 0 saturated heterocycles. The molecule has 3 N–H and O–H groups in total. The fourth-order valence-electron chi connectivity index (χ4n) is 1.55. The quantitative estimate of drug-likeness (QED) is 0.784. The summed E-state index contributed by atoms with van der Waals surface area (Å²) in [5.74, 6) is -0.137. The molecule has 0 saturated carbocycles. The van der Waals surface area contributed by atoms with Crippen LogP contribution in [-0.4, -0.2) is 27.7 Å². The Labute approximate surface area is 108 Å². The van der Waals surface area contributed by atoms with Crippen molar-refractivity contribution in [3.63, 3.8) is 0 Å². The molecule has 1 aromatic carbocycles. The molecule has 0 aliphatic rings. The molecule has 0 fully saturated rings. The largest absolute Gasteiger partial charge is 0.380 e. The monoisotopic (exact) mass is 272 g/mol. The molecule has 0 aliphatic carbocycles. The second-order valence-electron chi connectivity index (χ2n) is 4.21. The molecular formula is C12H20N2O3S. The molecule has 5 nitrogen and oxygen atoms in total. The van der Waals surface area contributed by atoms with Crippen molar-refractivity contribution in [1.29, 1.82) is 0 Å². The maximum atomic E-state index is 10.9. The molecule has 1 aromatic rings. The third-order valence-electron chi connectivity index (χ3n) is 2.31. The van der Waals surface area contributed by atoms with Crippen LogP contribution in [0.2, 0.25) is 0 Å². The minimum Gasteiger partial charge on any atom is -0.380 e. The number of hydrogen-bond donors (Lipinski definition) is 2. The van der Waals surface area contributed by atoms with Gasteiger partial charge in [-0.3, -0.25) is 0 Å². The molecule has 0 amide bonds. The number of primary sulfonamides is 1. The molecule has 1 unspecified atom stereocenters. The molecule has 0 aliphatic heterocycles. The van der Waals surface area contributed by atoms with Crippen molar-refractivity contribution in [2.45, 2.75) is 25.6 Å². The van der Waals surface area contributed by atoms with Gasteiger partial charge in [0.15, 0.2) is 0 Å². The van der Waals surface area contributed by atoms with Gasteiger partial charge in [0.05, 0.1) is 12.4 Å². The van der Waals surface area contributed by atoms with Gasteiger partial charge in [-0.25, -0.2) is 13.6 Å². The molecule has 1 rings (SSSR count). The molecule has 0 spiro atoms. The van der Waals surface area contributed by atoms with Crippen molar-refractivity contribution in [1.82, 2.24) is 0 Å². The summed E-state index contributed by atoms with van der Waals surface area (Å²) < 4.78 is 27.2. The van der Waals surface area contributed by atoms with E-state index in [2.05, 4.69) is 5.32 Å². The zero-order valence-electron chi connectivity index (χ0n) is 10.7. The fraction of sp³-hybridized carbons (Fsp3) is 0.500. The highest BCUT2D eigenvalue weighted by Crippen LogP contribution is 2.12. The van der Waals surface area contributed by atoms with Crippen LogP contribution < -0.4 is 10.5 Å². The summed E-state index contributed by atoms with van der Waals surface area (Å²) in [5, 5.41) is 8.24. The molecule has 102 valence electrons. The Kier molecular flexibility index (Phi) is 5.58. The van der Waals surface area contributed by atoms with E-state index in [0.717, 1.165) is 5.69 Å². The number of hydrogen-bond acceptors (Lipinski definition) is 4. The van der Waals surface area contributed by atoms with E-state index < -0.39 is 10.0 Å². The van der Waals surface area contributed by atoms with E-state index in [4.69, 9.17) is 9.88 Å². The van der Waals surface area contributed by atoms with E-state index in [9.17, 15) is 8.42 Å². The standard InChI is InChI=1S/C12H20N2O3S/c1-3-17-8-10(2)14-12-6-4-11(5-7-12)9-18(13,15)16/h4-7,10,14H,3,8-9H2,1-2H3,(H2,13,15,16). The number of anilines is 1. The minimum absolute atomic E-state index is 0.137. The predicted octanol–water partition coefficient (Wildman–Crippen LogP) is 1.31. The van der Waals surface area contributed by atoms with Crippen molar-refractivity contribution >= 4 is 15.7 Å². The van der Waals surface area contributed by atoms with E-state index >= 15 is 0 Å². The van der Waals surface area contributed by atoms with Gasteiger partial charge in [0.2, 0.25) is 10.0 Å². The van der Waals surface area contributed by atoms with Gasteiger partial charge in [-0.05, 0) is 31.5 Å². The Balaban J connectivity index is 2.55. The van der Waals surface area contributed by atoms with Crippen molar-refractivity contribution in [2.75, 3.05) is 18.5 Å². The van der Waals surface area contributed by atoms with Crippen LogP contribution >= 0.6 is 0 Å². The number of nitrogens with one attached hydrogen (secondary N) is 1. The van der Waals surface area contributed by atoms with Crippen LogP contribution in [0.25, 0.3) is 0 Å². The first-order valence-corrected chi connectivity index (χ1v) is 7.56. The summed E-state index contributed by atoms with van der Waals surface area (Å²) in [5.41, 5.74) is 1.61. The van der Waals surface area contributed by atoms with Gasteiger partial charge in [0.1, 0.15) is 0 Å². The summed E-state index contributed by atoms with van der Waals surface area (Å²) in [4.78, 5) is 0. The summed E-state index contributed by atoms with van der Waals surface area (Å²) in [6.45, 7) is 5.30. The Morgan fingerprint density at radius 2 is 1.94 bits per heavy atom. The van der Waals surface area contributed by atoms with Gasteiger partial charge in [-0.15, -0.1) is 0 Å². The summed E-state index contributed by atoms with van der Waals surface area (Å²) in [7, 11) is -3.47. The maximum Gasteiger partial charge on any atom is 0.213 e. The predicted molar refractivity (Wildman–Crippen MR) is 72.8 cm³/mol. The van der Waals surface area contributed by atoms with Gasteiger partial charge in [-0.2, -0.15) is 0 Å². The van der Waals surface area contributed by atoms with E-state index in [1.165, 1.54) is 0 Å². The topological polar surface area (TPSA) is 81.4 Å². The molecule has 0 aromatic heterocycles. The minimum atomic E-state index is -3.47. The van der Waals surface area contributed by atoms with Crippen LogP contribution in [0.5, 0.6) is 0 Å². The highest BCUT2D eigenvalue weighted by molar-refractivity contribution is 7.88. The average Bonchev–Trinajstić information content (AvgIpc) is 2.27. The first-order valence-electron chi connectivity index (χ1n) is 5.84. The van der Waals surface area contributed by atoms with Crippen LogP contribution in [-0.2, 0) is 20.5 Å². The van der Waals surface area contributed by atoms with Gasteiger partial charge in [0, 0.05) is 18.3 Å². The zero-order valence-corrected chi connectivity index (χ0v) is 11.5. The Bertz CT molecular complexity index is 457. The van der Waals surface area contributed by atoms with Gasteiger partial charge >= 0.3 is 0 Å². The lowest BCUT2D eigenvalue weighted by Crippen LogP contribution is -2.21. The van der Waals surface area contributed by atoms with Gasteiger partial charge in [-0.1, -0.05) is 12.1 Å². The smallest absolute Gasteiger partial charge is 0.213 e. The van der Waals surface area contributed by atoms with Crippen molar-refractivity contribution < 1.29 is 13.2 Å². The molecule has 6 heteroatoms. The highest BCUT2D eigenvalue weighted by Gasteiger charge is 2.05. The average molecular weight is 272 g/mol. The summed E-state index contributed by atoms with van der Waals surface area (Å²) in [6, 6.07) is 7.38. The lowest BCUT2D eigenvalue weighted by Gasteiger charge is -2.15. The molecular weight excluding hydrogens is 252 g/mol. The fourth-order valence-corrected chi connectivity index (χ4v) is 2.21. The number of benzene rings is 1. The van der Waals surface area contributed by atoms with Crippen LogP contribution in [0.4, 0.5) is 5.69 Å². The van der Waals surface area contributed by atoms with Crippen LogP contribution in [0, 0.1) is 0 Å². The zero-order chi connectivity index (χ0) is 13.6. The Hall–Kier alpha value is -1.11. The third-order valence-corrected chi connectivity index (χ3v) is 3.04. The first kappa shape index (κ1) is 14.9. The van der Waals surface area contributed by atoms with Crippen LogP contribution in [0.15, 0.2) is 24.3 Å². The lowest BCUT2D eigenvalue weighted by molar-refractivity contribution is 0.141. The van der Waals surface area contributed by atoms with Gasteiger partial charge in [0.25, 0.3) is 0 Å². The van der Waals surface area contributed by atoms with Crippen molar-refractivity contribution in [3.8, 4) is 0 Å². The number of nitrogens with two attached hydrogens (primary N) is 1. The number of ether oxygens (including phenoxy) is 1. The second-order valence-corrected chi connectivity index (χ2v) is 5.82. The normalized spacial score (nSPS) is 13.3. The molecule has 1 atom stereocenters. The Morgan fingerprint density at radius 1 is 1.33 bits per heavy atom. The highest BCUT2D eigenvalue weighted by atomic mass is 32.2. The summed E-state index contributed by atoms with van der Waals surface area (Å²) in [6.07, 6.45) is 0. The van der Waals surface area contributed by atoms with E-state index in [-0.39, 0.29) is 11.8 Å². The molecule has 0 bridgehead atoms. The maximum absolute atomic E-state index is 10.9. The van der Waals surface area contributed by atoms with Crippen LogP contribution in [0.1, 0.15) is 19.4 Å². The first-order chi connectivity index (χ1) is 8.40.